The van der Waals surface area contributed by atoms with Crippen LogP contribution in [0.3, 0.4) is 0 Å². The van der Waals surface area contributed by atoms with E-state index < -0.39 is 11.7 Å². The number of piperazine rings is 1. The van der Waals surface area contributed by atoms with Crippen LogP contribution in [0.1, 0.15) is 17.5 Å². The number of nitrogens with zero attached hydrogens (tertiary/aromatic N) is 3. The van der Waals surface area contributed by atoms with Crippen molar-refractivity contribution in [1.82, 2.24) is 15.2 Å². The third-order valence-electron chi connectivity index (χ3n) is 4.95. The van der Waals surface area contributed by atoms with E-state index >= 15 is 0 Å². The number of aryl methyl sites for hydroxylation is 1. The smallest absolute Gasteiger partial charge is 0.355 e. The second-order valence-corrected chi connectivity index (χ2v) is 7.11. The van der Waals surface area contributed by atoms with Crippen molar-refractivity contribution >= 4 is 11.7 Å². The van der Waals surface area contributed by atoms with Gasteiger partial charge in [0.2, 0.25) is 5.91 Å². The molecule has 2 heterocycles. The highest BCUT2D eigenvalue weighted by molar-refractivity contribution is 5.78. The zero-order valence-electron chi connectivity index (χ0n) is 16.2. The molecule has 1 fully saturated rings. The number of halogens is 3. The van der Waals surface area contributed by atoms with Crippen LogP contribution in [-0.4, -0.2) is 55.1 Å². The molecule has 29 heavy (non-hydrogen) atoms. The number of hydrogen-bond donors (Lipinski definition) is 1. The van der Waals surface area contributed by atoms with Gasteiger partial charge in [-0.05, 0) is 30.5 Å². The van der Waals surface area contributed by atoms with E-state index in [4.69, 9.17) is 0 Å². The summed E-state index contributed by atoms with van der Waals surface area (Å²) < 4.78 is 37.9. The van der Waals surface area contributed by atoms with Crippen molar-refractivity contribution in [1.29, 1.82) is 0 Å². The van der Waals surface area contributed by atoms with Gasteiger partial charge in [0.25, 0.3) is 0 Å². The zero-order chi connectivity index (χ0) is 20.7. The molecule has 0 radical (unpaired) electrons. The Hall–Kier alpha value is -2.61. The number of aromatic nitrogens is 1. The number of carbonyl (C=O) groups is 1. The highest BCUT2D eigenvalue weighted by Gasteiger charge is 2.31. The van der Waals surface area contributed by atoms with Crippen molar-refractivity contribution in [3.63, 3.8) is 0 Å². The Morgan fingerprint density at radius 3 is 2.38 bits per heavy atom. The molecule has 1 aromatic heterocycles. The number of pyridine rings is 1. The Morgan fingerprint density at radius 2 is 1.76 bits per heavy atom. The molecule has 8 heteroatoms. The molecule has 2 aromatic rings. The summed E-state index contributed by atoms with van der Waals surface area (Å²) in [6, 6.07) is 12.6. The van der Waals surface area contributed by atoms with Crippen LogP contribution in [0.25, 0.3) is 0 Å². The third-order valence-corrected chi connectivity index (χ3v) is 4.95. The lowest BCUT2D eigenvalue weighted by Gasteiger charge is -2.35. The Bertz CT molecular complexity index is 773. The fourth-order valence-corrected chi connectivity index (χ4v) is 3.30. The van der Waals surface area contributed by atoms with Crippen LogP contribution in [0.4, 0.5) is 19.0 Å². The van der Waals surface area contributed by atoms with Crippen molar-refractivity contribution in [2.24, 2.45) is 0 Å². The van der Waals surface area contributed by atoms with Crippen LogP contribution in [0.5, 0.6) is 0 Å². The summed E-state index contributed by atoms with van der Waals surface area (Å²) in [5.41, 5.74) is 0.513. The lowest BCUT2D eigenvalue weighted by Crippen LogP contribution is -2.49. The summed E-state index contributed by atoms with van der Waals surface area (Å²) in [7, 11) is 0. The number of rotatable bonds is 7. The Balaban J connectivity index is 1.35. The molecule has 5 nitrogen and oxygen atoms in total. The van der Waals surface area contributed by atoms with E-state index in [-0.39, 0.29) is 5.91 Å². The highest BCUT2D eigenvalue weighted by atomic mass is 19.4. The number of alkyl halides is 3. The number of carbonyl (C=O) groups excluding carboxylic acids is 1. The first-order valence-electron chi connectivity index (χ1n) is 9.73. The molecule has 0 spiro atoms. The Kier molecular flexibility index (Phi) is 7.09. The van der Waals surface area contributed by atoms with E-state index in [0.29, 0.717) is 45.1 Å². The molecule has 1 N–H and O–H groups in total. The first-order chi connectivity index (χ1) is 13.9. The predicted octanol–water partition coefficient (Wildman–Crippen LogP) is 2.97. The SMILES string of the molecule is O=C(CN1CCN(c2ccc(C(F)(F)F)cn2)CC1)NCCCc1ccccc1. The lowest BCUT2D eigenvalue weighted by molar-refractivity contribution is -0.137. The van der Waals surface area contributed by atoms with Gasteiger partial charge in [-0.3, -0.25) is 9.69 Å². The Morgan fingerprint density at radius 1 is 1.03 bits per heavy atom. The second-order valence-electron chi connectivity index (χ2n) is 7.11. The highest BCUT2D eigenvalue weighted by Crippen LogP contribution is 2.29. The lowest BCUT2D eigenvalue weighted by atomic mass is 10.1. The largest absolute Gasteiger partial charge is 0.417 e. The average molecular weight is 406 g/mol. The zero-order valence-corrected chi connectivity index (χ0v) is 16.2. The maximum Gasteiger partial charge on any atom is 0.417 e. The fourth-order valence-electron chi connectivity index (χ4n) is 3.30. The molecule has 1 aliphatic heterocycles. The maximum absolute atomic E-state index is 12.6. The summed E-state index contributed by atoms with van der Waals surface area (Å²) in [5, 5.41) is 2.95. The first kappa shape index (κ1) is 21.1. The number of benzene rings is 1. The van der Waals surface area contributed by atoms with Gasteiger partial charge in [-0.25, -0.2) is 4.98 Å². The van der Waals surface area contributed by atoms with Gasteiger partial charge in [0, 0.05) is 38.9 Å². The fraction of sp³-hybridized carbons (Fsp3) is 0.429. The third kappa shape index (κ3) is 6.45. The number of anilines is 1. The van der Waals surface area contributed by atoms with Crippen LogP contribution < -0.4 is 10.2 Å². The topological polar surface area (TPSA) is 48.5 Å². The number of hydrogen-bond acceptors (Lipinski definition) is 4. The molecule has 0 bridgehead atoms. The van der Waals surface area contributed by atoms with E-state index in [2.05, 4.69) is 22.4 Å². The van der Waals surface area contributed by atoms with Gasteiger partial charge in [-0.2, -0.15) is 13.2 Å². The van der Waals surface area contributed by atoms with Crippen molar-refractivity contribution in [2.45, 2.75) is 19.0 Å². The van der Waals surface area contributed by atoms with Crippen molar-refractivity contribution in [3.8, 4) is 0 Å². The minimum absolute atomic E-state index is 0.000771. The van der Waals surface area contributed by atoms with E-state index in [1.54, 1.807) is 0 Å². The monoisotopic (exact) mass is 406 g/mol. The molecule has 1 amide bonds. The predicted molar refractivity (Wildman–Crippen MR) is 106 cm³/mol. The van der Waals surface area contributed by atoms with Gasteiger partial charge in [0.05, 0.1) is 12.1 Å². The molecule has 1 aromatic carbocycles. The summed E-state index contributed by atoms with van der Waals surface area (Å²) in [6.07, 6.45) is -1.69. The van der Waals surface area contributed by atoms with Crippen LogP contribution in [0, 0.1) is 0 Å². The van der Waals surface area contributed by atoms with Gasteiger partial charge in [0.1, 0.15) is 5.82 Å². The van der Waals surface area contributed by atoms with E-state index in [1.165, 1.54) is 11.6 Å². The molecule has 0 atom stereocenters. The molecule has 156 valence electrons. The molecule has 1 aliphatic rings. The van der Waals surface area contributed by atoms with Crippen molar-refractivity contribution in [2.75, 3.05) is 44.2 Å². The van der Waals surface area contributed by atoms with Crippen LogP contribution in [0.2, 0.25) is 0 Å². The summed E-state index contributed by atoms with van der Waals surface area (Å²) in [5.74, 6) is 0.530. The normalized spacial score (nSPS) is 15.3. The first-order valence-corrected chi connectivity index (χ1v) is 9.73. The Labute approximate surface area is 168 Å². The summed E-state index contributed by atoms with van der Waals surface area (Å²) in [6.45, 7) is 3.56. The van der Waals surface area contributed by atoms with Crippen molar-refractivity contribution < 1.29 is 18.0 Å². The maximum atomic E-state index is 12.6. The molecule has 0 aliphatic carbocycles. The van der Waals surface area contributed by atoms with Crippen LogP contribution in [-0.2, 0) is 17.4 Å². The quantitative estimate of drug-likeness (QED) is 0.719. The average Bonchev–Trinajstić information content (AvgIpc) is 2.72. The molecule has 0 unspecified atom stereocenters. The van der Waals surface area contributed by atoms with Gasteiger partial charge < -0.3 is 10.2 Å². The van der Waals surface area contributed by atoms with Gasteiger partial charge in [-0.15, -0.1) is 0 Å². The summed E-state index contributed by atoms with van der Waals surface area (Å²) in [4.78, 5) is 20.0. The molecule has 3 rings (SSSR count). The molecule has 0 saturated carbocycles. The minimum atomic E-state index is -4.38. The minimum Gasteiger partial charge on any atom is -0.355 e. The molecular weight excluding hydrogens is 381 g/mol. The van der Waals surface area contributed by atoms with Gasteiger partial charge in [0.15, 0.2) is 0 Å². The van der Waals surface area contributed by atoms with E-state index in [9.17, 15) is 18.0 Å². The van der Waals surface area contributed by atoms with Crippen LogP contribution >= 0.6 is 0 Å². The standard InChI is InChI=1S/C21H25F3N4O/c22-21(23,24)18-8-9-19(26-15-18)28-13-11-27(12-14-28)16-20(29)25-10-4-7-17-5-2-1-3-6-17/h1-3,5-6,8-9,15H,4,7,10-14,16H2,(H,25,29). The van der Waals surface area contributed by atoms with E-state index in [0.717, 1.165) is 25.1 Å². The molecule has 1 saturated heterocycles. The van der Waals surface area contributed by atoms with Gasteiger partial charge >= 0.3 is 6.18 Å². The van der Waals surface area contributed by atoms with Crippen molar-refractivity contribution in [3.05, 3.63) is 59.8 Å². The van der Waals surface area contributed by atoms with Gasteiger partial charge in [-0.1, -0.05) is 30.3 Å². The van der Waals surface area contributed by atoms with Crippen LogP contribution in [0.15, 0.2) is 48.7 Å². The van der Waals surface area contributed by atoms with E-state index in [1.807, 2.05) is 28.0 Å². The second kappa shape index (κ2) is 9.73. The summed E-state index contributed by atoms with van der Waals surface area (Å²) >= 11 is 0. The number of nitrogens with one attached hydrogen (secondary N) is 1. The molecular formula is C21H25F3N4O. The number of amides is 1.